The molecule has 1 atom stereocenters. The van der Waals surface area contributed by atoms with E-state index in [9.17, 15) is 15.0 Å². The molecule has 0 spiro atoms. The molecule has 7 nitrogen and oxygen atoms in total. The van der Waals surface area contributed by atoms with Crippen LogP contribution in [0.5, 0.6) is 11.6 Å². The Balaban J connectivity index is 2.59. The number of aromatic hydroxyl groups is 2. The lowest BCUT2D eigenvalue weighted by atomic mass is 10.1. The minimum Gasteiger partial charge on any atom is -0.501 e. The molecule has 21 heavy (non-hydrogen) atoms. The average Bonchev–Trinajstić information content (AvgIpc) is 2.43. The first kappa shape index (κ1) is 14.7. The SMILES string of the molecule is CN(C)C(c1ccccc1)c1nc(O)c(O)c(C(N)=O)n1. The van der Waals surface area contributed by atoms with Gasteiger partial charge in [-0.15, -0.1) is 0 Å². The number of carbonyl (C=O) groups excluding carboxylic acids is 1. The Morgan fingerprint density at radius 3 is 2.33 bits per heavy atom. The van der Waals surface area contributed by atoms with Gasteiger partial charge in [-0.05, 0) is 19.7 Å². The molecule has 7 heteroatoms. The molecule has 0 saturated heterocycles. The number of carbonyl (C=O) groups is 1. The highest BCUT2D eigenvalue weighted by molar-refractivity contribution is 5.94. The second-order valence-corrected chi connectivity index (χ2v) is 4.74. The maximum Gasteiger partial charge on any atom is 0.271 e. The van der Waals surface area contributed by atoms with Crippen molar-refractivity contribution in [3.63, 3.8) is 0 Å². The van der Waals surface area contributed by atoms with E-state index < -0.39 is 29.3 Å². The molecule has 2 aromatic rings. The van der Waals surface area contributed by atoms with Gasteiger partial charge in [0.25, 0.3) is 11.8 Å². The van der Waals surface area contributed by atoms with Crippen molar-refractivity contribution in [3.05, 3.63) is 47.4 Å². The Kier molecular flexibility index (Phi) is 4.04. The van der Waals surface area contributed by atoms with Crippen LogP contribution in [0.4, 0.5) is 0 Å². The zero-order chi connectivity index (χ0) is 15.6. The van der Waals surface area contributed by atoms with Crippen LogP contribution < -0.4 is 5.73 Å². The molecule has 2 rings (SSSR count). The highest BCUT2D eigenvalue weighted by Gasteiger charge is 2.24. The molecule has 0 radical (unpaired) electrons. The van der Waals surface area contributed by atoms with Crippen LogP contribution in [-0.2, 0) is 0 Å². The summed E-state index contributed by atoms with van der Waals surface area (Å²) in [6.07, 6.45) is 0. The van der Waals surface area contributed by atoms with E-state index in [2.05, 4.69) is 9.97 Å². The number of amides is 1. The molecule has 1 aromatic carbocycles. The number of benzene rings is 1. The fraction of sp³-hybridized carbons (Fsp3) is 0.214. The molecular formula is C14H16N4O3. The van der Waals surface area contributed by atoms with E-state index in [1.54, 1.807) is 0 Å². The summed E-state index contributed by atoms with van der Waals surface area (Å²) in [5.41, 5.74) is 5.63. The van der Waals surface area contributed by atoms with E-state index in [4.69, 9.17) is 5.73 Å². The van der Waals surface area contributed by atoms with Crippen molar-refractivity contribution in [1.82, 2.24) is 14.9 Å². The minimum absolute atomic E-state index is 0.176. The lowest BCUT2D eigenvalue weighted by molar-refractivity contribution is 0.0990. The smallest absolute Gasteiger partial charge is 0.271 e. The van der Waals surface area contributed by atoms with Gasteiger partial charge in [0.2, 0.25) is 5.75 Å². The molecule has 1 aromatic heterocycles. The van der Waals surface area contributed by atoms with Gasteiger partial charge in [0.1, 0.15) is 0 Å². The molecule has 1 heterocycles. The van der Waals surface area contributed by atoms with E-state index >= 15 is 0 Å². The Morgan fingerprint density at radius 1 is 1.19 bits per heavy atom. The number of aromatic nitrogens is 2. The van der Waals surface area contributed by atoms with Crippen LogP contribution in [0.25, 0.3) is 0 Å². The van der Waals surface area contributed by atoms with Crippen molar-refractivity contribution in [2.75, 3.05) is 14.1 Å². The van der Waals surface area contributed by atoms with Crippen LogP contribution in [0, 0.1) is 0 Å². The second kappa shape index (κ2) is 5.76. The number of rotatable bonds is 4. The van der Waals surface area contributed by atoms with Gasteiger partial charge in [-0.25, -0.2) is 4.98 Å². The van der Waals surface area contributed by atoms with Crippen molar-refractivity contribution in [3.8, 4) is 11.6 Å². The predicted octanol–water partition coefficient (Wildman–Crippen LogP) is 0.638. The zero-order valence-corrected chi connectivity index (χ0v) is 11.7. The first-order valence-electron chi connectivity index (χ1n) is 6.23. The normalized spacial score (nSPS) is 12.3. The van der Waals surface area contributed by atoms with Gasteiger partial charge in [0, 0.05) is 0 Å². The number of nitrogens with two attached hydrogens (primary N) is 1. The fourth-order valence-corrected chi connectivity index (χ4v) is 2.07. The number of hydrogen-bond acceptors (Lipinski definition) is 6. The summed E-state index contributed by atoms with van der Waals surface area (Å²) in [4.78, 5) is 21.0. The highest BCUT2D eigenvalue weighted by Crippen LogP contribution is 2.30. The molecule has 0 bridgehead atoms. The highest BCUT2D eigenvalue weighted by atomic mass is 16.3. The first-order chi connectivity index (χ1) is 9.91. The number of hydrogen-bond donors (Lipinski definition) is 3. The molecule has 110 valence electrons. The summed E-state index contributed by atoms with van der Waals surface area (Å²) in [5.74, 6) is -2.14. The number of primary amides is 1. The molecule has 1 amide bonds. The molecule has 0 aliphatic heterocycles. The van der Waals surface area contributed by atoms with E-state index in [0.717, 1.165) is 5.56 Å². The standard InChI is InChI=1S/C14H16N4O3/c1-18(2)10(8-6-4-3-5-7-8)13-16-9(12(15)20)11(19)14(21)17-13/h3-7,10,19H,1-2H3,(H2,15,20)(H,16,17,21). The van der Waals surface area contributed by atoms with Crippen molar-refractivity contribution in [2.45, 2.75) is 6.04 Å². The van der Waals surface area contributed by atoms with Crippen molar-refractivity contribution in [2.24, 2.45) is 5.73 Å². The quantitative estimate of drug-likeness (QED) is 0.761. The van der Waals surface area contributed by atoms with Gasteiger partial charge in [-0.2, -0.15) is 4.98 Å². The monoisotopic (exact) mass is 288 g/mol. The van der Waals surface area contributed by atoms with Gasteiger partial charge in [0.15, 0.2) is 11.5 Å². The van der Waals surface area contributed by atoms with Gasteiger partial charge in [0.05, 0.1) is 6.04 Å². The van der Waals surface area contributed by atoms with Crippen molar-refractivity contribution in [1.29, 1.82) is 0 Å². The van der Waals surface area contributed by atoms with Crippen LogP contribution in [0.15, 0.2) is 30.3 Å². The van der Waals surface area contributed by atoms with Gasteiger partial charge in [-0.3, -0.25) is 9.69 Å². The Bertz CT molecular complexity index is 659. The summed E-state index contributed by atoms with van der Waals surface area (Å²) in [6.45, 7) is 0. The zero-order valence-electron chi connectivity index (χ0n) is 11.7. The largest absolute Gasteiger partial charge is 0.501 e. The third kappa shape index (κ3) is 2.92. The lowest BCUT2D eigenvalue weighted by Gasteiger charge is -2.23. The molecule has 0 saturated carbocycles. The van der Waals surface area contributed by atoms with Crippen LogP contribution in [0.1, 0.15) is 27.9 Å². The molecule has 0 aliphatic carbocycles. The Morgan fingerprint density at radius 2 is 1.81 bits per heavy atom. The van der Waals surface area contributed by atoms with Crippen LogP contribution >= 0.6 is 0 Å². The Hall–Kier alpha value is -2.67. The van der Waals surface area contributed by atoms with E-state index in [1.807, 2.05) is 49.3 Å². The Labute approximate surface area is 121 Å². The molecule has 4 N–H and O–H groups in total. The second-order valence-electron chi connectivity index (χ2n) is 4.74. The van der Waals surface area contributed by atoms with Crippen LogP contribution in [0.3, 0.4) is 0 Å². The van der Waals surface area contributed by atoms with Gasteiger partial charge >= 0.3 is 0 Å². The van der Waals surface area contributed by atoms with Crippen LogP contribution in [0.2, 0.25) is 0 Å². The topological polar surface area (TPSA) is 113 Å². The predicted molar refractivity (Wildman–Crippen MR) is 75.9 cm³/mol. The van der Waals surface area contributed by atoms with Crippen molar-refractivity contribution < 1.29 is 15.0 Å². The fourth-order valence-electron chi connectivity index (χ4n) is 2.07. The third-order valence-corrected chi connectivity index (χ3v) is 2.99. The molecular weight excluding hydrogens is 272 g/mol. The maximum absolute atomic E-state index is 11.3. The summed E-state index contributed by atoms with van der Waals surface area (Å²) in [5, 5.41) is 19.3. The maximum atomic E-state index is 11.3. The summed E-state index contributed by atoms with van der Waals surface area (Å²) >= 11 is 0. The van der Waals surface area contributed by atoms with E-state index in [-0.39, 0.29) is 5.82 Å². The van der Waals surface area contributed by atoms with Crippen molar-refractivity contribution >= 4 is 5.91 Å². The van der Waals surface area contributed by atoms with Gasteiger partial charge < -0.3 is 15.9 Å². The number of nitrogens with zero attached hydrogens (tertiary/aromatic N) is 3. The van der Waals surface area contributed by atoms with Gasteiger partial charge in [-0.1, -0.05) is 30.3 Å². The van der Waals surface area contributed by atoms with E-state index in [1.165, 1.54) is 0 Å². The first-order valence-corrected chi connectivity index (χ1v) is 6.23. The molecule has 0 aliphatic rings. The summed E-state index contributed by atoms with van der Waals surface area (Å²) in [6, 6.07) is 8.96. The summed E-state index contributed by atoms with van der Waals surface area (Å²) in [7, 11) is 3.63. The summed E-state index contributed by atoms with van der Waals surface area (Å²) < 4.78 is 0. The van der Waals surface area contributed by atoms with Crippen LogP contribution in [-0.4, -0.2) is 45.1 Å². The molecule has 1 unspecified atom stereocenters. The lowest BCUT2D eigenvalue weighted by Crippen LogP contribution is -2.25. The average molecular weight is 288 g/mol. The minimum atomic E-state index is -0.933. The third-order valence-electron chi connectivity index (χ3n) is 2.99. The molecule has 0 fully saturated rings. The van der Waals surface area contributed by atoms with E-state index in [0.29, 0.717) is 0 Å².